The van der Waals surface area contributed by atoms with Gasteiger partial charge in [-0.05, 0) is 30.0 Å². The Balaban J connectivity index is 2.07. The molecule has 0 spiro atoms. The van der Waals surface area contributed by atoms with E-state index in [0.29, 0.717) is 16.6 Å². The van der Waals surface area contributed by atoms with Crippen molar-refractivity contribution in [3.63, 3.8) is 0 Å². The van der Waals surface area contributed by atoms with E-state index < -0.39 is 12.0 Å². The van der Waals surface area contributed by atoms with Gasteiger partial charge in [-0.3, -0.25) is 14.4 Å². The number of rotatable bonds is 13. The van der Waals surface area contributed by atoms with Gasteiger partial charge in [-0.15, -0.1) is 0 Å². The molecule has 6 heteroatoms. The molecule has 0 aliphatic heterocycles. The summed E-state index contributed by atoms with van der Waals surface area (Å²) in [5.41, 5.74) is 1.41. The molecular formula is C27H35NO4S. The molecule has 0 radical (unpaired) electrons. The second kappa shape index (κ2) is 13.8. The first-order valence-electron chi connectivity index (χ1n) is 11.5. The summed E-state index contributed by atoms with van der Waals surface area (Å²) in [6.45, 7) is 8.17. The van der Waals surface area contributed by atoms with Crippen molar-refractivity contribution >= 4 is 29.4 Å². The number of ketones is 1. The maximum absolute atomic E-state index is 13.2. The Hall–Kier alpha value is -2.60. The Morgan fingerprint density at radius 3 is 2.12 bits per heavy atom. The van der Waals surface area contributed by atoms with Gasteiger partial charge in [-0.2, -0.15) is 11.8 Å². The molecule has 178 valence electrons. The maximum Gasteiger partial charge on any atom is 0.310 e. The summed E-state index contributed by atoms with van der Waals surface area (Å²) in [6.07, 6.45) is 1.02. The van der Waals surface area contributed by atoms with Crippen LogP contribution in [0.15, 0.2) is 60.7 Å². The zero-order valence-electron chi connectivity index (χ0n) is 20.0. The normalized spacial score (nSPS) is 13.7. The number of hydrogen-bond donors (Lipinski definition) is 1. The standard InChI is InChI=1S/C27H35NO4S/c1-5-20(4)33-18-23(27(31)32-17-21-12-8-6-9-13-21)16-24(29)25(19(2)3)28-26(30)22-14-10-7-11-15-22/h6-15,19-20,23,25H,5,16-18H2,1-4H3,(H,28,30)/t20?,23-,25-/m0/s1. The summed E-state index contributed by atoms with van der Waals surface area (Å²) in [7, 11) is 0. The van der Waals surface area contributed by atoms with Crippen molar-refractivity contribution in [1.29, 1.82) is 0 Å². The Morgan fingerprint density at radius 2 is 1.55 bits per heavy atom. The Kier molecular flexibility index (Phi) is 11.2. The van der Waals surface area contributed by atoms with Crippen molar-refractivity contribution in [2.75, 3.05) is 5.75 Å². The van der Waals surface area contributed by atoms with Crippen LogP contribution in [-0.2, 0) is 20.9 Å². The summed E-state index contributed by atoms with van der Waals surface area (Å²) < 4.78 is 5.56. The first kappa shape index (κ1) is 26.7. The highest BCUT2D eigenvalue weighted by Crippen LogP contribution is 2.23. The first-order valence-corrected chi connectivity index (χ1v) is 12.6. The lowest BCUT2D eigenvalue weighted by Gasteiger charge is -2.24. The second-order valence-electron chi connectivity index (χ2n) is 8.57. The molecule has 1 amide bonds. The number of nitrogens with one attached hydrogen (secondary N) is 1. The van der Waals surface area contributed by atoms with Gasteiger partial charge in [0.1, 0.15) is 6.61 Å². The minimum absolute atomic E-state index is 0.0367. The van der Waals surface area contributed by atoms with Crippen LogP contribution in [0.4, 0.5) is 0 Å². The second-order valence-corrected chi connectivity index (χ2v) is 10.0. The summed E-state index contributed by atoms with van der Waals surface area (Å²) in [4.78, 5) is 38.8. The summed E-state index contributed by atoms with van der Waals surface area (Å²) in [5, 5.41) is 3.24. The van der Waals surface area contributed by atoms with Crippen molar-refractivity contribution in [2.45, 2.75) is 58.4 Å². The Labute approximate surface area is 201 Å². The Bertz CT molecular complexity index is 886. The molecule has 0 bridgehead atoms. The van der Waals surface area contributed by atoms with Gasteiger partial charge in [0.15, 0.2) is 5.78 Å². The molecule has 3 atom stereocenters. The molecule has 1 unspecified atom stereocenters. The quantitative estimate of drug-likeness (QED) is 0.404. The molecule has 0 fully saturated rings. The highest BCUT2D eigenvalue weighted by atomic mass is 32.2. The van der Waals surface area contributed by atoms with E-state index in [1.54, 1.807) is 36.0 Å². The topological polar surface area (TPSA) is 72.5 Å². The van der Waals surface area contributed by atoms with Crippen LogP contribution in [0.2, 0.25) is 0 Å². The fourth-order valence-electron chi connectivity index (χ4n) is 3.26. The lowest BCUT2D eigenvalue weighted by Crippen LogP contribution is -2.45. The predicted octanol–water partition coefficient (Wildman–Crippen LogP) is 5.29. The smallest absolute Gasteiger partial charge is 0.310 e. The maximum atomic E-state index is 13.2. The van der Waals surface area contributed by atoms with Crippen LogP contribution in [0.1, 0.15) is 56.5 Å². The molecule has 0 saturated carbocycles. The Morgan fingerprint density at radius 1 is 0.939 bits per heavy atom. The third kappa shape index (κ3) is 9.04. The van der Waals surface area contributed by atoms with E-state index in [-0.39, 0.29) is 36.6 Å². The largest absolute Gasteiger partial charge is 0.461 e. The van der Waals surface area contributed by atoms with E-state index >= 15 is 0 Å². The zero-order valence-corrected chi connectivity index (χ0v) is 20.8. The van der Waals surface area contributed by atoms with E-state index in [1.807, 2.05) is 50.2 Å². The molecule has 2 rings (SSSR count). The predicted molar refractivity (Wildman–Crippen MR) is 134 cm³/mol. The van der Waals surface area contributed by atoms with Crippen molar-refractivity contribution in [3.8, 4) is 0 Å². The van der Waals surface area contributed by atoms with Gasteiger partial charge in [0.2, 0.25) is 0 Å². The summed E-state index contributed by atoms with van der Waals surface area (Å²) in [5.74, 6) is -0.977. The third-order valence-corrected chi connectivity index (χ3v) is 6.99. The van der Waals surface area contributed by atoms with Crippen molar-refractivity contribution < 1.29 is 19.1 Å². The number of thioether (sulfide) groups is 1. The van der Waals surface area contributed by atoms with Crippen LogP contribution >= 0.6 is 11.8 Å². The number of hydrogen-bond acceptors (Lipinski definition) is 5. The summed E-state index contributed by atoms with van der Waals surface area (Å²) >= 11 is 1.67. The highest BCUT2D eigenvalue weighted by Gasteiger charge is 2.30. The third-order valence-electron chi connectivity index (χ3n) is 5.50. The van der Waals surface area contributed by atoms with Crippen LogP contribution in [0.3, 0.4) is 0 Å². The number of esters is 1. The van der Waals surface area contributed by atoms with Gasteiger partial charge in [0.25, 0.3) is 5.91 Å². The van der Waals surface area contributed by atoms with Gasteiger partial charge in [0.05, 0.1) is 12.0 Å². The number of amides is 1. The van der Waals surface area contributed by atoms with E-state index in [2.05, 4.69) is 19.2 Å². The number of benzene rings is 2. The van der Waals surface area contributed by atoms with E-state index in [9.17, 15) is 14.4 Å². The molecule has 1 N–H and O–H groups in total. The molecule has 0 aliphatic rings. The average Bonchev–Trinajstić information content (AvgIpc) is 2.83. The molecule has 2 aromatic rings. The van der Waals surface area contributed by atoms with Crippen LogP contribution in [-0.4, -0.2) is 34.7 Å². The molecule has 33 heavy (non-hydrogen) atoms. The minimum Gasteiger partial charge on any atom is -0.461 e. The van der Waals surface area contributed by atoms with Crippen LogP contribution in [0.25, 0.3) is 0 Å². The van der Waals surface area contributed by atoms with Gasteiger partial charge in [-0.25, -0.2) is 0 Å². The van der Waals surface area contributed by atoms with Crippen molar-refractivity contribution in [3.05, 3.63) is 71.8 Å². The fourth-order valence-corrected chi connectivity index (χ4v) is 4.31. The molecular weight excluding hydrogens is 434 g/mol. The van der Waals surface area contributed by atoms with Gasteiger partial charge in [0, 0.05) is 23.0 Å². The zero-order chi connectivity index (χ0) is 24.2. The van der Waals surface area contributed by atoms with E-state index in [4.69, 9.17) is 4.74 Å². The monoisotopic (exact) mass is 469 g/mol. The van der Waals surface area contributed by atoms with Crippen molar-refractivity contribution in [1.82, 2.24) is 5.32 Å². The summed E-state index contributed by atoms with van der Waals surface area (Å²) in [6, 6.07) is 17.6. The van der Waals surface area contributed by atoms with Gasteiger partial charge >= 0.3 is 5.97 Å². The molecule has 0 saturated heterocycles. The number of carbonyl (C=O) groups is 3. The SMILES string of the molecule is CCC(C)SC[C@H](CC(=O)[C@@H](NC(=O)c1ccccc1)C(C)C)C(=O)OCc1ccccc1. The van der Waals surface area contributed by atoms with Crippen molar-refractivity contribution in [2.24, 2.45) is 11.8 Å². The minimum atomic E-state index is -0.671. The van der Waals surface area contributed by atoms with Gasteiger partial charge in [-0.1, -0.05) is 76.2 Å². The molecule has 0 aliphatic carbocycles. The van der Waals surface area contributed by atoms with E-state index in [1.165, 1.54) is 0 Å². The lowest BCUT2D eigenvalue weighted by molar-refractivity contribution is -0.150. The van der Waals surface area contributed by atoms with E-state index in [0.717, 1.165) is 12.0 Å². The number of Topliss-reactive ketones (excluding diaryl/α,β-unsaturated/α-hetero) is 1. The number of ether oxygens (including phenoxy) is 1. The highest BCUT2D eigenvalue weighted by molar-refractivity contribution is 7.99. The first-order chi connectivity index (χ1) is 15.8. The fraction of sp³-hybridized carbons (Fsp3) is 0.444. The molecule has 2 aromatic carbocycles. The molecule has 0 heterocycles. The van der Waals surface area contributed by atoms with Crippen LogP contribution in [0.5, 0.6) is 0 Å². The lowest BCUT2D eigenvalue weighted by atomic mass is 9.93. The van der Waals surface area contributed by atoms with Crippen LogP contribution < -0.4 is 5.32 Å². The average molecular weight is 470 g/mol. The molecule has 5 nitrogen and oxygen atoms in total. The van der Waals surface area contributed by atoms with Crippen LogP contribution in [0, 0.1) is 11.8 Å². The number of carbonyl (C=O) groups excluding carboxylic acids is 3. The molecule has 0 aromatic heterocycles. The van der Waals surface area contributed by atoms with Gasteiger partial charge < -0.3 is 10.1 Å².